The standard InChI is InChI=1S/C11H19NOS/c1-4-8-12(9-5-2)11(13)7-6-10-14-3/h4-5H,1-2,6-10H2,3H3. The van der Waals surface area contributed by atoms with Gasteiger partial charge in [-0.2, -0.15) is 11.8 Å². The molecule has 3 heteroatoms. The highest BCUT2D eigenvalue weighted by molar-refractivity contribution is 7.98. The topological polar surface area (TPSA) is 20.3 Å². The first-order chi connectivity index (χ1) is 6.76. The van der Waals surface area contributed by atoms with Gasteiger partial charge < -0.3 is 4.90 Å². The highest BCUT2D eigenvalue weighted by Gasteiger charge is 2.09. The van der Waals surface area contributed by atoms with Crippen LogP contribution in [-0.2, 0) is 4.79 Å². The van der Waals surface area contributed by atoms with E-state index in [-0.39, 0.29) is 5.91 Å². The van der Waals surface area contributed by atoms with Gasteiger partial charge in [0.05, 0.1) is 0 Å². The van der Waals surface area contributed by atoms with Crippen LogP contribution in [0.4, 0.5) is 0 Å². The molecule has 0 aromatic heterocycles. The third-order valence-corrected chi connectivity index (χ3v) is 2.49. The maximum absolute atomic E-state index is 11.6. The number of thioether (sulfide) groups is 1. The lowest BCUT2D eigenvalue weighted by Gasteiger charge is -2.18. The zero-order valence-corrected chi connectivity index (χ0v) is 9.68. The zero-order valence-electron chi connectivity index (χ0n) is 8.87. The van der Waals surface area contributed by atoms with Gasteiger partial charge in [0.15, 0.2) is 0 Å². The van der Waals surface area contributed by atoms with E-state index < -0.39 is 0 Å². The fraction of sp³-hybridized carbons (Fsp3) is 0.545. The molecule has 0 rings (SSSR count). The molecule has 80 valence electrons. The van der Waals surface area contributed by atoms with Crippen LogP contribution in [-0.4, -0.2) is 35.9 Å². The fourth-order valence-electron chi connectivity index (χ4n) is 1.12. The highest BCUT2D eigenvalue weighted by Crippen LogP contribution is 2.03. The summed E-state index contributed by atoms with van der Waals surface area (Å²) in [5, 5.41) is 0. The Hall–Kier alpha value is -0.700. The monoisotopic (exact) mass is 213 g/mol. The highest BCUT2D eigenvalue weighted by atomic mass is 32.2. The molecule has 0 aliphatic carbocycles. The molecule has 1 amide bonds. The van der Waals surface area contributed by atoms with Crippen molar-refractivity contribution in [2.45, 2.75) is 12.8 Å². The molecule has 14 heavy (non-hydrogen) atoms. The van der Waals surface area contributed by atoms with Gasteiger partial charge in [-0.3, -0.25) is 4.79 Å². The van der Waals surface area contributed by atoms with E-state index in [1.165, 1.54) is 0 Å². The van der Waals surface area contributed by atoms with Crippen molar-refractivity contribution in [1.82, 2.24) is 4.90 Å². The van der Waals surface area contributed by atoms with Crippen LogP contribution in [0.2, 0.25) is 0 Å². The molecule has 0 aromatic carbocycles. The summed E-state index contributed by atoms with van der Waals surface area (Å²) in [7, 11) is 0. The number of nitrogens with zero attached hydrogens (tertiary/aromatic N) is 1. The Bertz CT molecular complexity index is 182. The number of hydrogen-bond acceptors (Lipinski definition) is 2. The van der Waals surface area contributed by atoms with E-state index >= 15 is 0 Å². The van der Waals surface area contributed by atoms with Gasteiger partial charge >= 0.3 is 0 Å². The summed E-state index contributed by atoms with van der Waals surface area (Å²) >= 11 is 1.77. The average Bonchev–Trinajstić information content (AvgIpc) is 2.18. The largest absolute Gasteiger partial charge is 0.335 e. The molecule has 0 N–H and O–H groups in total. The number of hydrogen-bond donors (Lipinski definition) is 0. The molecule has 0 unspecified atom stereocenters. The predicted molar refractivity (Wildman–Crippen MR) is 64.6 cm³/mol. The van der Waals surface area contributed by atoms with Gasteiger partial charge in [0, 0.05) is 19.5 Å². The summed E-state index contributed by atoms with van der Waals surface area (Å²) in [5.41, 5.74) is 0. The Kier molecular flexibility index (Phi) is 8.43. The van der Waals surface area contributed by atoms with Crippen LogP contribution in [0.5, 0.6) is 0 Å². The van der Waals surface area contributed by atoms with E-state index in [4.69, 9.17) is 0 Å². The van der Waals surface area contributed by atoms with Crippen LogP contribution in [0.1, 0.15) is 12.8 Å². The summed E-state index contributed by atoms with van der Waals surface area (Å²) in [6.07, 6.45) is 7.12. The van der Waals surface area contributed by atoms with Crippen LogP contribution in [0.15, 0.2) is 25.3 Å². The minimum Gasteiger partial charge on any atom is -0.335 e. The van der Waals surface area contributed by atoms with E-state index in [0.717, 1.165) is 12.2 Å². The van der Waals surface area contributed by atoms with Crippen LogP contribution in [0.3, 0.4) is 0 Å². The summed E-state index contributed by atoms with van der Waals surface area (Å²) in [5.74, 6) is 1.24. The van der Waals surface area contributed by atoms with Gasteiger partial charge in [-0.05, 0) is 18.4 Å². The van der Waals surface area contributed by atoms with Gasteiger partial charge in [-0.25, -0.2) is 0 Å². The quantitative estimate of drug-likeness (QED) is 0.455. The second-order valence-corrected chi connectivity index (χ2v) is 3.96. The van der Waals surface area contributed by atoms with Gasteiger partial charge in [0.1, 0.15) is 0 Å². The first-order valence-corrected chi connectivity index (χ1v) is 6.14. The Morgan fingerprint density at radius 3 is 2.36 bits per heavy atom. The van der Waals surface area contributed by atoms with Crippen LogP contribution >= 0.6 is 11.8 Å². The van der Waals surface area contributed by atoms with Crippen molar-refractivity contribution >= 4 is 17.7 Å². The summed E-state index contributed by atoms with van der Waals surface area (Å²) in [6.45, 7) is 8.49. The molecule has 2 nitrogen and oxygen atoms in total. The zero-order chi connectivity index (χ0) is 10.8. The summed E-state index contributed by atoms with van der Waals surface area (Å²) < 4.78 is 0. The lowest BCUT2D eigenvalue weighted by Crippen LogP contribution is -2.31. The SMILES string of the molecule is C=CCN(CC=C)C(=O)CCCSC. The lowest BCUT2D eigenvalue weighted by atomic mass is 10.3. The van der Waals surface area contributed by atoms with Crippen molar-refractivity contribution in [3.8, 4) is 0 Å². The van der Waals surface area contributed by atoms with Crippen molar-refractivity contribution < 1.29 is 4.79 Å². The van der Waals surface area contributed by atoms with Gasteiger partial charge in [0.2, 0.25) is 5.91 Å². The average molecular weight is 213 g/mol. The molecule has 0 saturated heterocycles. The fourth-order valence-corrected chi connectivity index (χ4v) is 1.55. The summed E-state index contributed by atoms with van der Waals surface area (Å²) in [4.78, 5) is 13.4. The Morgan fingerprint density at radius 2 is 1.93 bits per heavy atom. The van der Waals surface area contributed by atoms with Gasteiger partial charge in [0.25, 0.3) is 0 Å². The molecule has 0 aliphatic heterocycles. The van der Waals surface area contributed by atoms with E-state index in [2.05, 4.69) is 19.4 Å². The number of carbonyl (C=O) groups excluding carboxylic acids is 1. The van der Waals surface area contributed by atoms with Crippen LogP contribution in [0, 0.1) is 0 Å². The Morgan fingerprint density at radius 1 is 1.36 bits per heavy atom. The summed E-state index contributed by atoms with van der Waals surface area (Å²) in [6, 6.07) is 0. The molecular formula is C11H19NOS. The molecule has 0 spiro atoms. The van der Waals surface area contributed by atoms with Crippen LogP contribution in [0.25, 0.3) is 0 Å². The first kappa shape index (κ1) is 13.3. The second-order valence-electron chi connectivity index (χ2n) is 2.97. The minimum absolute atomic E-state index is 0.193. The van der Waals surface area contributed by atoms with Crippen molar-refractivity contribution in [1.29, 1.82) is 0 Å². The Balaban J connectivity index is 3.87. The lowest BCUT2D eigenvalue weighted by molar-refractivity contribution is -0.130. The van der Waals surface area contributed by atoms with Gasteiger partial charge in [-0.1, -0.05) is 12.2 Å². The van der Waals surface area contributed by atoms with Crippen LogP contribution < -0.4 is 0 Å². The van der Waals surface area contributed by atoms with E-state index in [0.29, 0.717) is 19.5 Å². The van der Waals surface area contributed by atoms with E-state index in [1.54, 1.807) is 28.8 Å². The Labute approximate surface area is 91.1 Å². The number of amides is 1. The third kappa shape index (κ3) is 5.86. The predicted octanol–water partition coefficient (Wildman–Crippen LogP) is 2.33. The molecule has 0 heterocycles. The first-order valence-electron chi connectivity index (χ1n) is 4.74. The van der Waals surface area contributed by atoms with Crippen molar-refractivity contribution in [3.05, 3.63) is 25.3 Å². The number of rotatable bonds is 8. The smallest absolute Gasteiger partial charge is 0.223 e. The van der Waals surface area contributed by atoms with Crippen molar-refractivity contribution in [2.75, 3.05) is 25.1 Å². The second kappa shape index (κ2) is 8.88. The van der Waals surface area contributed by atoms with Gasteiger partial charge in [-0.15, -0.1) is 13.2 Å². The normalized spacial score (nSPS) is 9.50. The van der Waals surface area contributed by atoms with Crippen molar-refractivity contribution in [3.63, 3.8) is 0 Å². The maximum Gasteiger partial charge on any atom is 0.223 e. The van der Waals surface area contributed by atoms with Crippen molar-refractivity contribution in [2.24, 2.45) is 0 Å². The van der Waals surface area contributed by atoms with E-state index in [9.17, 15) is 4.79 Å². The molecule has 0 saturated carbocycles. The third-order valence-electron chi connectivity index (χ3n) is 1.79. The molecule has 0 bridgehead atoms. The number of carbonyl (C=O) groups is 1. The molecule has 0 aliphatic rings. The molecular weight excluding hydrogens is 194 g/mol. The minimum atomic E-state index is 0.193. The maximum atomic E-state index is 11.6. The molecule has 0 fully saturated rings. The molecule has 0 atom stereocenters. The van der Waals surface area contributed by atoms with E-state index in [1.807, 2.05) is 0 Å². The molecule has 0 radical (unpaired) electrons. The molecule has 0 aromatic rings.